The smallest absolute Gasteiger partial charge is 0.387 e. The van der Waals surface area contributed by atoms with Crippen molar-refractivity contribution in [2.45, 2.75) is 6.54 Å². The lowest BCUT2D eigenvalue weighted by Crippen LogP contribution is -2.25. The first kappa shape index (κ1) is 14.7. The van der Waals surface area contributed by atoms with Crippen molar-refractivity contribution >= 4 is 45.7 Å². The molecule has 1 amide bonds. The standard InChI is InChI=1S/C14H9N5O3S2/c20-11(15-8-3-1-4-9-12(8)18-24-17-9)7-19-14(21)22-13(16-19)10-5-2-6-23-10/h1-6H,7H2,(H,15,20). The van der Waals surface area contributed by atoms with Gasteiger partial charge in [-0.25, -0.2) is 4.79 Å². The third kappa shape index (κ3) is 2.72. The summed E-state index contributed by atoms with van der Waals surface area (Å²) < 4.78 is 14.3. The van der Waals surface area contributed by atoms with Crippen LogP contribution in [0.1, 0.15) is 0 Å². The minimum atomic E-state index is -0.679. The number of benzene rings is 1. The number of hydrogen-bond donors (Lipinski definition) is 1. The molecule has 0 aliphatic carbocycles. The molecule has 0 aliphatic heterocycles. The van der Waals surface area contributed by atoms with Crippen LogP contribution >= 0.6 is 23.1 Å². The zero-order chi connectivity index (χ0) is 16.5. The minimum Gasteiger partial charge on any atom is -0.387 e. The molecule has 10 heteroatoms. The van der Waals surface area contributed by atoms with E-state index in [1.807, 2.05) is 17.5 Å². The Kier molecular flexibility index (Phi) is 3.67. The monoisotopic (exact) mass is 359 g/mol. The van der Waals surface area contributed by atoms with Crippen LogP contribution in [0.15, 0.2) is 44.9 Å². The fourth-order valence-corrected chi connectivity index (χ4v) is 3.33. The second kappa shape index (κ2) is 5.98. The molecule has 0 bridgehead atoms. The summed E-state index contributed by atoms with van der Waals surface area (Å²) in [6, 6.07) is 8.93. The van der Waals surface area contributed by atoms with Crippen LogP contribution in [0, 0.1) is 0 Å². The Bertz CT molecular complexity index is 1060. The molecule has 0 fully saturated rings. The highest BCUT2D eigenvalue weighted by Crippen LogP contribution is 2.22. The zero-order valence-corrected chi connectivity index (χ0v) is 13.6. The van der Waals surface area contributed by atoms with Crippen molar-refractivity contribution in [2.75, 3.05) is 5.32 Å². The van der Waals surface area contributed by atoms with Gasteiger partial charge in [-0.1, -0.05) is 12.1 Å². The van der Waals surface area contributed by atoms with Crippen LogP contribution in [0.5, 0.6) is 0 Å². The molecule has 1 aromatic carbocycles. The molecule has 4 rings (SSSR count). The van der Waals surface area contributed by atoms with Crippen molar-refractivity contribution in [1.29, 1.82) is 0 Å². The molecule has 0 unspecified atom stereocenters. The predicted octanol–water partition coefficient (Wildman–Crippen LogP) is 2.21. The van der Waals surface area contributed by atoms with Gasteiger partial charge in [-0.2, -0.15) is 13.4 Å². The number of carbonyl (C=O) groups excluding carboxylic acids is 1. The third-order valence-corrected chi connectivity index (χ3v) is 4.59. The second-order valence-corrected chi connectivity index (χ2v) is 6.27. The van der Waals surface area contributed by atoms with Crippen LogP contribution < -0.4 is 11.1 Å². The molecule has 3 aromatic heterocycles. The Morgan fingerprint density at radius 3 is 3.00 bits per heavy atom. The van der Waals surface area contributed by atoms with Gasteiger partial charge in [0, 0.05) is 0 Å². The molecule has 4 aromatic rings. The molecule has 120 valence electrons. The Hall–Kier alpha value is -2.85. The quantitative estimate of drug-likeness (QED) is 0.599. The summed E-state index contributed by atoms with van der Waals surface area (Å²) in [7, 11) is 0. The minimum absolute atomic E-state index is 0.202. The molecule has 0 saturated heterocycles. The van der Waals surface area contributed by atoms with Crippen molar-refractivity contribution in [3.63, 3.8) is 0 Å². The van der Waals surface area contributed by atoms with Crippen molar-refractivity contribution < 1.29 is 9.21 Å². The number of nitrogens with one attached hydrogen (secondary N) is 1. The summed E-state index contributed by atoms with van der Waals surface area (Å²) in [6.45, 7) is -0.248. The van der Waals surface area contributed by atoms with Crippen LogP contribution in [-0.2, 0) is 11.3 Å². The first-order valence-corrected chi connectivity index (χ1v) is 8.44. The van der Waals surface area contributed by atoms with Crippen molar-refractivity contribution in [3.8, 4) is 10.8 Å². The molecule has 0 aliphatic rings. The van der Waals surface area contributed by atoms with Crippen molar-refractivity contribution in [1.82, 2.24) is 18.5 Å². The first-order valence-electron chi connectivity index (χ1n) is 6.84. The van der Waals surface area contributed by atoms with Gasteiger partial charge in [0.15, 0.2) is 0 Å². The summed E-state index contributed by atoms with van der Waals surface area (Å²) in [5.41, 5.74) is 1.86. The highest BCUT2D eigenvalue weighted by atomic mass is 32.1. The van der Waals surface area contributed by atoms with Gasteiger partial charge in [-0.3, -0.25) is 4.79 Å². The van der Waals surface area contributed by atoms with Crippen LogP contribution in [0.25, 0.3) is 21.8 Å². The van der Waals surface area contributed by atoms with E-state index in [0.29, 0.717) is 16.7 Å². The zero-order valence-electron chi connectivity index (χ0n) is 12.0. The Morgan fingerprint density at radius 1 is 1.25 bits per heavy atom. The van der Waals surface area contributed by atoms with Crippen molar-refractivity contribution in [3.05, 3.63) is 46.3 Å². The summed E-state index contributed by atoms with van der Waals surface area (Å²) in [6.07, 6.45) is 0. The van der Waals surface area contributed by atoms with Gasteiger partial charge < -0.3 is 9.73 Å². The topological polar surface area (TPSA) is 103 Å². The van der Waals surface area contributed by atoms with Crippen molar-refractivity contribution in [2.24, 2.45) is 0 Å². The number of hydrogen-bond acceptors (Lipinski definition) is 8. The largest absolute Gasteiger partial charge is 0.437 e. The molecule has 0 spiro atoms. The van der Waals surface area contributed by atoms with Gasteiger partial charge in [-0.15, -0.1) is 16.4 Å². The van der Waals surface area contributed by atoms with Gasteiger partial charge in [0.25, 0.3) is 5.89 Å². The number of aromatic nitrogens is 4. The fourth-order valence-electron chi connectivity index (χ4n) is 2.14. The van der Waals surface area contributed by atoms with E-state index >= 15 is 0 Å². The SMILES string of the molecule is O=C(Cn1nc(-c2cccs2)oc1=O)Nc1cccc2nsnc12. The molecule has 0 saturated carbocycles. The molecule has 0 atom stereocenters. The third-order valence-electron chi connectivity index (χ3n) is 3.19. The van der Waals surface area contributed by atoms with E-state index in [0.717, 1.165) is 21.3 Å². The first-order chi connectivity index (χ1) is 11.7. The predicted molar refractivity (Wildman–Crippen MR) is 90.1 cm³/mol. The Balaban J connectivity index is 1.54. The molecule has 1 N–H and O–H groups in total. The molecule has 3 heterocycles. The number of amides is 1. The van der Waals surface area contributed by atoms with Gasteiger partial charge in [0.1, 0.15) is 17.6 Å². The number of rotatable bonds is 4. The van der Waals surface area contributed by atoms with E-state index in [1.165, 1.54) is 11.3 Å². The lowest BCUT2D eigenvalue weighted by atomic mass is 10.2. The van der Waals surface area contributed by atoms with E-state index in [-0.39, 0.29) is 12.4 Å². The molecular weight excluding hydrogens is 350 g/mol. The molecular formula is C14H9N5O3S2. The summed E-state index contributed by atoms with van der Waals surface area (Å²) >= 11 is 2.47. The number of carbonyl (C=O) groups is 1. The maximum atomic E-state index is 12.2. The van der Waals surface area contributed by atoms with E-state index in [4.69, 9.17) is 4.42 Å². The van der Waals surface area contributed by atoms with Gasteiger partial charge >= 0.3 is 5.76 Å². The van der Waals surface area contributed by atoms with Gasteiger partial charge in [-0.05, 0) is 23.6 Å². The average Bonchev–Trinajstić information content (AvgIpc) is 3.28. The highest BCUT2D eigenvalue weighted by molar-refractivity contribution is 7.13. The van der Waals surface area contributed by atoms with Gasteiger partial charge in [0.05, 0.1) is 22.3 Å². The number of anilines is 1. The highest BCUT2D eigenvalue weighted by Gasteiger charge is 2.15. The number of nitrogens with zero attached hydrogens (tertiary/aromatic N) is 4. The van der Waals surface area contributed by atoms with E-state index < -0.39 is 11.7 Å². The second-order valence-electron chi connectivity index (χ2n) is 4.79. The van der Waals surface area contributed by atoms with E-state index in [2.05, 4.69) is 19.2 Å². The molecule has 8 nitrogen and oxygen atoms in total. The number of fused-ring (bicyclic) bond motifs is 1. The van der Waals surface area contributed by atoms with Gasteiger partial charge in [0.2, 0.25) is 5.91 Å². The molecule has 0 radical (unpaired) electrons. The normalized spacial score (nSPS) is 11.0. The Labute approximate surface area is 142 Å². The summed E-state index contributed by atoms with van der Waals surface area (Å²) in [5.74, 6) is -0.876. The maximum Gasteiger partial charge on any atom is 0.437 e. The average molecular weight is 359 g/mol. The number of thiophene rings is 1. The maximum absolute atomic E-state index is 12.2. The fraction of sp³-hybridized carbons (Fsp3) is 0.0714. The van der Waals surface area contributed by atoms with E-state index in [9.17, 15) is 9.59 Å². The lowest BCUT2D eigenvalue weighted by molar-refractivity contribution is -0.117. The van der Waals surface area contributed by atoms with Crippen LogP contribution in [0.2, 0.25) is 0 Å². The van der Waals surface area contributed by atoms with Crippen LogP contribution in [0.3, 0.4) is 0 Å². The Morgan fingerprint density at radius 2 is 2.17 bits per heavy atom. The van der Waals surface area contributed by atoms with Crippen LogP contribution in [0.4, 0.5) is 5.69 Å². The molecule has 24 heavy (non-hydrogen) atoms. The van der Waals surface area contributed by atoms with Crippen LogP contribution in [-0.4, -0.2) is 24.4 Å². The lowest BCUT2D eigenvalue weighted by Gasteiger charge is -2.04. The van der Waals surface area contributed by atoms with E-state index in [1.54, 1.807) is 18.2 Å². The summed E-state index contributed by atoms with van der Waals surface area (Å²) in [5, 5.41) is 8.62. The summed E-state index contributed by atoms with van der Waals surface area (Å²) in [4.78, 5) is 24.8.